The summed E-state index contributed by atoms with van der Waals surface area (Å²) in [6, 6.07) is 17.9. The van der Waals surface area contributed by atoms with Crippen LogP contribution < -0.4 is 14.8 Å². The van der Waals surface area contributed by atoms with Gasteiger partial charge in [0.05, 0.1) is 14.2 Å². The van der Waals surface area contributed by atoms with Crippen molar-refractivity contribution in [3.63, 3.8) is 0 Å². The molecule has 0 fully saturated rings. The number of benzene rings is 2. The van der Waals surface area contributed by atoms with Crippen LogP contribution in [0.5, 0.6) is 11.5 Å². The van der Waals surface area contributed by atoms with Gasteiger partial charge in [-0.1, -0.05) is 6.07 Å². The molecule has 2 N–H and O–H groups in total. The number of rotatable bonds is 8. The Labute approximate surface area is 199 Å². The molecule has 33 heavy (non-hydrogen) atoms. The van der Waals surface area contributed by atoms with Gasteiger partial charge in [-0.15, -0.1) is 0 Å². The van der Waals surface area contributed by atoms with Gasteiger partial charge in [0.25, 0.3) is 0 Å². The number of thiocarbonyl (C=S) groups is 1. The summed E-state index contributed by atoms with van der Waals surface area (Å²) in [5.74, 6) is 1.66. The van der Waals surface area contributed by atoms with Gasteiger partial charge < -0.3 is 24.7 Å². The Morgan fingerprint density at radius 3 is 2.52 bits per heavy atom. The second-order valence-electron chi connectivity index (χ2n) is 7.83. The zero-order chi connectivity index (χ0) is 23.2. The quantitative estimate of drug-likeness (QED) is 0.347. The third kappa shape index (κ3) is 5.43. The van der Waals surface area contributed by atoms with Crippen molar-refractivity contribution < 1.29 is 9.47 Å². The lowest BCUT2D eigenvalue weighted by Crippen LogP contribution is -2.36. The van der Waals surface area contributed by atoms with E-state index < -0.39 is 0 Å². The topological polar surface area (TPSA) is 62.4 Å². The van der Waals surface area contributed by atoms with Crippen LogP contribution in [0, 0.1) is 6.92 Å². The number of hydrogen-bond acceptors (Lipinski definition) is 4. The third-order valence-corrected chi connectivity index (χ3v) is 6.04. The van der Waals surface area contributed by atoms with Crippen LogP contribution in [-0.4, -0.2) is 40.7 Å². The number of H-pyrrole nitrogens is 1. The second-order valence-corrected chi connectivity index (χ2v) is 8.22. The van der Waals surface area contributed by atoms with Crippen LogP contribution in [0.2, 0.25) is 0 Å². The first-order chi connectivity index (χ1) is 16.1. The van der Waals surface area contributed by atoms with E-state index in [0.29, 0.717) is 11.7 Å². The van der Waals surface area contributed by atoms with Gasteiger partial charge in [-0.05, 0) is 85.2 Å². The summed E-state index contributed by atoms with van der Waals surface area (Å²) < 4.78 is 10.7. The number of aromatic nitrogens is 2. The fourth-order valence-electron chi connectivity index (χ4n) is 3.90. The summed E-state index contributed by atoms with van der Waals surface area (Å²) in [7, 11) is 3.35. The Morgan fingerprint density at radius 2 is 1.82 bits per heavy atom. The Balaban J connectivity index is 1.55. The predicted octanol–water partition coefficient (Wildman–Crippen LogP) is 5.33. The number of ether oxygens (including phenoxy) is 2. The van der Waals surface area contributed by atoms with E-state index in [1.165, 1.54) is 10.9 Å². The molecule has 0 saturated carbocycles. The maximum absolute atomic E-state index is 5.82. The van der Waals surface area contributed by atoms with Crippen LogP contribution in [-0.2, 0) is 13.0 Å². The third-order valence-electron chi connectivity index (χ3n) is 5.68. The first-order valence-electron chi connectivity index (χ1n) is 10.8. The highest BCUT2D eigenvalue weighted by Crippen LogP contribution is 2.27. The summed E-state index contributed by atoms with van der Waals surface area (Å²) in [5.41, 5.74) is 5.57. The molecule has 4 rings (SSSR count). The fourth-order valence-corrected chi connectivity index (χ4v) is 4.17. The van der Waals surface area contributed by atoms with Crippen LogP contribution in [0.1, 0.15) is 16.8 Å². The first kappa shape index (κ1) is 22.6. The Morgan fingerprint density at radius 1 is 1.06 bits per heavy atom. The van der Waals surface area contributed by atoms with Gasteiger partial charge in [-0.2, -0.15) is 0 Å². The Hall–Kier alpha value is -3.58. The van der Waals surface area contributed by atoms with E-state index in [0.717, 1.165) is 46.9 Å². The van der Waals surface area contributed by atoms with Crippen LogP contribution in [0.15, 0.2) is 67.0 Å². The molecule has 7 heteroatoms. The number of fused-ring (bicyclic) bond motifs is 1. The van der Waals surface area contributed by atoms with Crippen molar-refractivity contribution in [3.8, 4) is 11.5 Å². The SMILES string of the molecule is COc1ccc(NC(=S)N(CCc2c(C)[nH]c3ccc(OC)cc23)Cc2cccnc2)cc1. The van der Waals surface area contributed by atoms with Gasteiger partial charge in [0.2, 0.25) is 0 Å². The Kier molecular flexibility index (Phi) is 7.10. The molecule has 0 aliphatic heterocycles. The molecule has 0 atom stereocenters. The maximum Gasteiger partial charge on any atom is 0.173 e. The smallest absolute Gasteiger partial charge is 0.173 e. The molecule has 2 aromatic heterocycles. The van der Waals surface area contributed by atoms with Crippen molar-refractivity contribution in [3.05, 3.63) is 83.8 Å². The lowest BCUT2D eigenvalue weighted by atomic mass is 10.1. The minimum atomic E-state index is 0.666. The molecule has 0 spiro atoms. The molecular weight excluding hydrogens is 432 g/mol. The molecule has 0 radical (unpaired) electrons. The lowest BCUT2D eigenvalue weighted by molar-refractivity contribution is 0.414. The van der Waals surface area contributed by atoms with Gasteiger partial charge >= 0.3 is 0 Å². The molecule has 0 unspecified atom stereocenters. The lowest BCUT2D eigenvalue weighted by Gasteiger charge is -2.26. The summed E-state index contributed by atoms with van der Waals surface area (Å²) in [6.07, 6.45) is 4.50. The number of aryl methyl sites for hydroxylation is 1. The number of hydrogen-bond donors (Lipinski definition) is 2. The summed E-state index contributed by atoms with van der Waals surface area (Å²) in [5, 5.41) is 5.22. The summed E-state index contributed by atoms with van der Waals surface area (Å²) in [6.45, 7) is 3.53. The zero-order valence-electron chi connectivity index (χ0n) is 19.1. The molecule has 0 aliphatic rings. The summed E-state index contributed by atoms with van der Waals surface area (Å²) in [4.78, 5) is 9.92. The van der Waals surface area contributed by atoms with Crippen LogP contribution in [0.25, 0.3) is 10.9 Å². The van der Waals surface area contributed by atoms with E-state index in [1.54, 1.807) is 20.4 Å². The maximum atomic E-state index is 5.82. The van der Waals surface area contributed by atoms with Crippen LogP contribution in [0.4, 0.5) is 5.69 Å². The average Bonchev–Trinajstić information content (AvgIpc) is 3.16. The molecule has 4 aromatic rings. The number of anilines is 1. The molecular formula is C26H28N4O2S. The molecule has 0 saturated heterocycles. The van der Waals surface area contributed by atoms with Crippen molar-refractivity contribution in [1.82, 2.24) is 14.9 Å². The minimum absolute atomic E-state index is 0.666. The molecule has 170 valence electrons. The van der Waals surface area contributed by atoms with Gasteiger partial charge in [0.15, 0.2) is 5.11 Å². The zero-order valence-corrected chi connectivity index (χ0v) is 19.9. The molecule has 2 aromatic carbocycles. The average molecular weight is 461 g/mol. The van der Waals surface area contributed by atoms with Gasteiger partial charge in [0, 0.05) is 47.8 Å². The number of methoxy groups -OCH3 is 2. The van der Waals surface area contributed by atoms with E-state index >= 15 is 0 Å². The van der Waals surface area contributed by atoms with Crippen molar-refractivity contribution >= 4 is 33.9 Å². The monoisotopic (exact) mass is 460 g/mol. The van der Waals surface area contributed by atoms with Crippen molar-refractivity contribution in [1.29, 1.82) is 0 Å². The van der Waals surface area contributed by atoms with Crippen LogP contribution >= 0.6 is 12.2 Å². The van der Waals surface area contributed by atoms with Gasteiger partial charge in [0.1, 0.15) is 11.5 Å². The van der Waals surface area contributed by atoms with Gasteiger partial charge in [-0.25, -0.2) is 0 Å². The van der Waals surface area contributed by atoms with E-state index in [4.69, 9.17) is 21.7 Å². The molecule has 0 amide bonds. The molecule has 0 aliphatic carbocycles. The number of nitrogens with one attached hydrogen (secondary N) is 2. The van der Waals surface area contributed by atoms with Crippen molar-refractivity contribution in [2.75, 3.05) is 26.1 Å². The number of aromatic amines is 1. The second kappa shape index (κ2) is 10.4. The minimum Gasteiger partial charge on any atom is -0.497 e. The number of pyridine rings is 1. The highest BCUT2D eigenvalue weighted by atomic mass is 32.1. The first-order valence-corrected chi connectivity index (χ1v) is 11.2. The van der Waals surface area contributed by atoms with E-state index in [-0.39, 0.29) is 0 Å². The van der Waals surface area contributed by atoms with E-state index in [9.17, 15) is 0 Å². The van der Waals surface area contributed by atoms with Crippen LogP contribution in [0.3, 0.4) is 0 Å². The summed E-state index contributed by atoms with van der Waals surface area (Å²) >= 11 is 5.82. The number of nitrogens with zero attached hydrogens (tertiary/aromatic N) is 2. The standard InChI is InChI=1S/C26H28N4O2S/c1-18-23(24-15-22(32-3)10-11-25(24)28-18)12-14-30(17-19-5-4-13-27-16-19)26(33)29-20-6-8-21(31-2)9-7-20/h4-11,13,15-16,28H,12,14,17H2,1-3H3,(H,29,33). The van der Waals surface area contributed by atoms with E-state index in [1.807, 2.05) is 42.6 Å². The largest absolute Gasteiger partial charge is 0.497 e. The highest BCUT2D eigenvalue weighted by molar-refractivity contribution is 7.80. The fraction of sp³-hybridized carbons (Fsp3) is 0.231. The molecule has 6 nitrogen and oxygen atoms in total. The predicted molar refractivity (Wildman–Crippen MR) is 137 cm³/mol. The molecule has 0 bridgehead atoms. The normalized spacial score (nSPS) is 10.8. The molecule has 2 heterocycles. The van der Waals surface area contributed by atoms with Crippen molar-refractivity contribution in [2.45, 2.75) is 19.9 Å². The van der Waals surface area contributed by atoms with Crippen molar-refractivity contribution in [2.24, 2.45) is 0 Å². The van der Waals surface area contributed by atoms with E-state index in [2.05, 4.69) is 45.3 Å². The van der Waals surface area contributed by atoms with Gasteiger partial charge in [-0.3, -0.25) is 4.98 Å². The highest BCUT2D eigenvalue weighted by Gasteiger charge is 2.15. The Bertz CT molecular complexity index is 1220.